The van der Waals surface area contributed by atoms with Crippen LogP contribution in [0.2, 0.25) is 0 Å². The minimum atomic E-state index is -0.993. The van der Waals surface area contributed by atoms with E-state index in [0.717, 1.165) is 12.1 Å². The average Bonchev–Trinajstić information content (AvgIpc) is 2.39. The summed E-state index contributed by atoms with van der Waals surface area (Å²) in [7, 11) is 0. The summed E-state index contributed by atoms with van der Waals surface area (Å²) in [6.07, 6.45) is -0.980. The third-order valence-corrected chi connectivity index (χ3v) is 3.02. The van der Waals surface area contributed by atoms with Gasteiger partial charge in [0.2, 0.25) is 5.91 Å². The molecule has 1 atom stereocenters. The van der Waals surface area contributed by atoms with E-state index < -0.39 is 17.7 Å². The summed E-state index contributed by atoms with van der Waals surface area (Å²) in [6, 6.07) is 3.34. The molecule has 118 valence electrons. The maximum atomic E-state index is 13.1. The fourth-order valence-electron chi connectivity index (χ4n) is 1.95. The molecular weight excluding hydrogens is 278 g/mol. The van der Waals surface area contributed by atoms with E-state index in [1.807, 2.05) is 20.8 Å². The molecule has 0 spiro atoms. The first-order valence-corrected chi connectivity index (χ1v) is 6.98. The van der Waals surface area contributed by atoms with Crippen molar-refractivity contribution in [2.24, 2.45) is 0 Å². The Morgan fingerprint density at radius 3 is 2.52 bits per heavy atom. The van der Waals surface area contributed by atoms with Gasteiger partial charge in [-0.15, -0.1) is 0 Å². The van der Waals surface area contributed by atoms with Gasteiger partial charge in [-0.25, -0.2) is 8.78 Å². The van der Waals surface area contributed by atoms with E-state index in [-0.39, 0.29) is 30.6 Å². The molecule has 1 unspecified atom stereocenters. The van der Waals surface area contributed by atoms with E-state index >= 15 is 0 Å². The van der Waals surface area contributed by atoms with Crippen LogP contribution >= 0.6 is 0 Å². The number of hydrogen-bond donors (Lipinski definition) is 2. The molecular formula is C15H22F2N2O2. The molecule has 1 amide bonds. The van der Waals surface area contributed by atoms with Gasteiger partial charge in [-0.3, -0.25) is 9.69 Å². The molecule has 0 aliphatic heterocycles. The van der Waals surface area contributed by atoms with Crippen LogP contribution in [-0.2, 0) is 4.79 Å². The van der Waals surface area contributed by atoms with Crippen LogP contribution in [0.4, 0.5) is 8.78 Å². The molecule has 0 fully saturated rings. The Morgan fingerprint density at radius 1 is 1.33 bits per heavy atom. The third-order valence-electron chi connectivity index (χ3n) is 3.02. The summed E-state index contributed by atoms with van der Waals surface area (Å²) in [6.45, 7) is 6.48. The average molecular weight is 300 g/mol. The predicted octanol–water partition coefficient (Wildman–Crippen LogP) is 1.84. The van der Waals surface area contributed by atoms with Gasteiger partial charge < -0.3 is 10.4 Å². The quantitative estimate of drug-likeness (QED) is 0.808. The Bertz CT molecular complexity index is 481. The SMILES string of the molecule is CCN(CC(=O)NC(C)C)CC(O)c1ccc(F)c(F)c1. The van der Waals surface area contributed by atoms with E-state index in [4.69, 9.17) is 0 Å². The Balaban J connectivity index is 2.63. The Hall–Kier alpha value is -1.53. The Labute approximate surface area is 123 Å². The summed E-state index contributed by atoms with van der Waals surface area (Å²) < 4.78 is 26.0. The maximum absolute atomic E-state index is 13.1. The summed E-state index contributed by atoms with van der Waals surface area (Å²) in [5.74, 6) is -2.08. The van der Waals surface area contributed by atoms with Crippen molar-refractivity contribution in [3.05, 3.63) is 35.4 Å². The summed E-state index contributed by atoms with van der Waals surface area (Å²) in [4.78, 5) is 13.4. The summed E-state index contributed by atoms with van der Waals surface area (Å²) in [5, 5.41) is 12.8. The highest BCUT2D eigenvalue weighted by molar-refractivity contribution is 5.78. The smallest absolute Gasteiger partial charge is 0.234 e. The van der Waals surface area contributed by atoms with Gasteiger partial charge in [-0.2, -0.15) is 0 Å². The lowest BCUT2D eigenvalue weighted by atomic mass is 10.1. The number of rotatable bonds is 7. The molecule has 1 aromatic carbocycles. The number of likely N-dealkylation sites (N-methyl/N-ethyl adjacent to an activating group) is 1. The highest BCUT2D eigenvalue weighted by Crippen LogP contribution is 2.17. The zero-order chi connectivity index (χ0) is 16.0. The van der Waals surface area contributed by atoms with Crippen molar-refractivity contribution in [2.75, 3.05) is 19.6 Å². The fraction of sp³-hybridized carbons (Fsp3) is 0.533. The highest BCUT2D eigenvalue weighted by Gasteiger charge is 2.17. The molecule has 0 radical (unpaired) electrons. The topological polar surface area (TPSA) is 52.6 Å². The van der Waals surface area contributed by atoms with Crippen LogP contribution in [0, 0.1) is 11.6 Å². The van der Waals surface area contributed by atoms with Crippen LogP contribution in [0.25, 0.3) is 0 Å². The minimum Gasteiger partial charge on any atom is -0.387 e. The molecule has 0 aromatic heterocycles. The second-order valence-electron chi connectivity index (χ2n) is 5.24. The predicted molar refractivity (Wildman–Crippen MR) is 76.7 cm³/mol. The van der Waals surface area contributed by atoms with Gasteiger partial charge in [0.25, 0.3) is 0 Å². The first kappa shape index (κ1) is 17.5. The van der Waals surface area contributed by atoms with Crippen molar-refractivity contribution in [2.45, 2.75) is 32.9 Å². The van der Waals surface area contributed by atoms with Gasteiger partial charge in [0.15, 0.2) is 11.6 Å². The lowest BCUT2D eigenvalue weighted by Gasteiger charge is -2.23. The van der Waals surface area contributed by atoms with Crippen molar-refractivity contribution < 1.29 is 18.7 Å². The molecule has 1 aromatic rings. The number of hydrogen-bond acceptors (Lipinski definition) is 3. The molecule has 0 aliphatic carbocycles. The zero-order valence-electron chi connectivity index (χ0n) is 12.6. The number of carbonyl (C=O) groups is 1. The number of halogens is 2. The number of nitrogens with zero attached hydrogens (tertiary/aromatic N) is 1. The molecule has 1 rings (SSSR count). The van der Waals surface area contributed by atoms with Crippen LogP contribution in [-0.4, -0.2) is 41.6 Å². The van der Waals surface area contributed by atoms with Gasteiger partial charge in [0.1, 0.15) is 0 Å². The molecule has 0 heterocycles. The normalized spacial score (nSPS) is 12.8. The van der Waals surface area contributed by atoms with Crippen molar-refractivity contribution in [3.63, 3.8) is 0 Å². The van der Waals surface area contributed by atoms with Crippen LogP contribution in [0.1, 0.15) is 32.4 Å². The second-order valence-corrected chi connectivity index (χ2v) is 5.24. The van der Waals surface area contributed by atoms with Gasteiger partial charge in [-0.05, 0) is 38.1 Å². The van der Waals surface area contributed by atoms with E-state index in [9.17, 15) is 18.7 Å². The van der Waals surface area contributed by atoms with Crippen LogP contribution < -0.4 is 5.32 Å². The van der Waals surface area contributed by atoms with E-state index in [0.29, 0.717) is 6.54 Å². The van der Waals surface area contributed by atoms with E-state index in [2.05, 4.69) is 5.32 Å². The molecule has 4 nitrogen and oxygen atoms in total. The summed E-state index contributed by atoms with van der Waals surface area (Å²) >= 11 is 0. The first-order chi connectivity index (χ1) is 9.83. The minimum absolute atomic E-state index is 0.0484. The van der Waals surface area contributed by atoms with Gasteiger partial charge in [-0.1, -0.05) is 13.0 Å². The molecule has 2 N–H and O–H groups in total. The van der Waals surface area contributed by atoms with Crippen LogP contribution in [0.3, 0.4) is 0 Å². The zero-order valence-corrected chi connectivity index (χ0v) is 12.6. The lowest BCUT2D eigenvalue weighted by molar-refractivity contribution is -0.123. The van der Waals surface area contributed by atoms with Crippen molar-refractivity contribution in [3.8, 4) is 0 Å². The number of aliphatic hydroxyl groups excluding tert-OH is 1. The second kappa shape index (κ2) is 8.05. The number of amides is 1. The van der Waals surface area contributed by atoms with Gasteiger partial charge in [0, 0.05) is 12.6 Å². The lowest BCUT2D eigenvalue weighted by Crippen LogP contribution is -2.41. The number of carbonyl (C=O) groups excluding carboxylic acids is 1. The Morgan fingerprint density at radius 2 is 2.00 bits per heavy atom. The van der Waals surface area contributed by atoms with Crippen molar-refractivity contribution in [1.29, 1.82) is 0 Å². The molecule has 0 saturated carbocycles. The van der Waals surface area contributed by atoms with Crippen LogP contribution in [0.15, 0.2) is 18.2 Å². The highest BCUT2D eigenvalue weighted by atomic mass is 19.2. The van der Waals surface area contributed by atoms with Crippen molar-refractivity contribution >= 4 is 5.91 Å². The number of nitrogens with one attached hydrogen (secondary N) is 1. The molecule has 21 heavy (non-hydrogen) atoms. The summed E-state index contributed by atoms with van der Waals surface area (Å²) in [5.41, 5.74) is 0.289. The van der Waals surface area contributed by atoms with Crippen LogP contribution in [0.5, 0.6) is 0 Å². The molecule has 6 heteroatoms. The molecule has 0 bridgehead atoms. The monoisotopic (exact) mass is 300 g/mol. The molecule has 0 aliphatic rings. The first-order valence-electron chi connectivity index (χ1n) is 6.98. The standard InChI is InChI=1S/C15H22F2N2O2/c1-4-19(9-15(21)18-10(2)3)8-14(20)11-5-6-12(16)13(17)7-11/h5-7,10,14,20H,4,8-9H2,1-3H3,(H,18,21). The molecule has 0 saturated heterocycles. The number of benzene rings is 1. The maximum Gasteiger partial charge on any atom is 0.234 e. The van der Waals surface area contributed by atoms with Crippen molar-refractivity contribution in [1.82, 2.24) is 10.2 Å². The third kappa shape index (κ3) is 5.77. The largest absolute Gasteiger partial charge is 0.387 e. The Kier molecular flexibility index (Phi) is 6.71. The van der Waals surface area contributed by atoms with Gasteiger partial charge >= 0.3 is 0 Å². The van der Waals surface area contributed by atoms with Gasteiger partial charge in [0.05, 0.1) is 12.6 Å². The fourth-order valence-corrected chi connectivity index (χ4v) is 1.95. The van der Waals surface area contributed by atoms with E-state index in [1.165, 1.54) is 6.07 Å². The number of aliphatic hydroxyl groups is 1. The van der Waals surface area contributed by atoms with E-state index in [1.54, 1.807) is 4.90 Å².